The third-order valence-electron chi connectivity index (χ3n) is 4.93. The molecule has 0 bridgehead atoms. The minimum Gasteiger partial charge on any atom is -0.334 e. The van der Waals surface area contributed by atoms with Gasteiger partial charge in [-0.05, 0) is 45.1 Å². The molecule has 0 unspecified atom stereocenters. The van der Waals surface area contributed by atoms with Gasteiger partial charge >= 0.3 is 0 Å². The number of aryl methyl sites for hydroxylation is 1. The Morgan fingerprint density at radius 1 is 1.27 bits per heavy atom. The fourth-order valence-electron chi connectivity index (χ4n) is 3.80. The molecule has 2 aromatic heterocycles. The molecule has 0 amide bonds. The van der Waals surface area contributed by atoms with Gasteiger partial charge in [-0.25, -0.2) is 4.98 Å². The zero-order chi connectivity index (χ0) is 15.1. The number of rotatable bonds is 3. The summed E-state index contributed by atoms with van der Waals surface area (Å²) in [5.74, 6) is 1.23. The van der Waals surface area contributed by atoms with Crippen LogP contribution in [0.4, 0.5) is 0 Å². The molecule has 22 heavy (non-hydrogen) atoms. The second-order valence-electron chi connectivity index (χ2n) is 6.25. The molecule has 1 aliphatic carbocycles. The van der Waals surface area contributed by atoms with Crippen molar-refractivity contribution in [3.05, 3.63) is 27.2 Å². The van der Waals surface area contributed by atoms with Gasteiger partial charge in [-0.1, -0.05) is 16.1 Å². The lowest BCUT2D eigenvalue weighted by Crippen LogP contribution is -2.25. The first-order valence-corrected chi connectivity index (χ1v) is 9.14. The molecule has 118 valence electrons. The molecule has 0 aromatic carbocycles. The summed E-state index contributed by atoms with van der Waals surface area (Å²) < 4.78 is 7.00. The van der Waals surface area contributed by atoms with E-state index >= 15 is 0 Å². The van der Waals surface area contributed by atoms with Gasteiger partial charge in [-0.2, -0.15) is 0 Å². The van der Waals surface area contributed by atoms with Gasteiger partial charge in [0.15, 0.2) is 0 Å². The van der Waals surface area contributed by atoms with Crippen molar-refractivity contribution in [3.8, 4) is 0 Å². The number of likely N-dealkylation sites (tertiary alicyclic amines) is 1. The van der Waals surface area contributed by atoms with Gasteiger partial charge in [0.25, 0.3) is 0 Å². The number of imidazole rings is 1. The molecule has 0 radical (unpaired) electrons. The topological polar surface area (TPSA) is 46.8 Å². The van der Waals surface area contributed by atoms with Crippen LogP contribution in [0.15, 0.2) is 0 Å². The van der Waals surface area contributed by atoms with Gasteiger partial charge in [0, 0.05) is 30.8 Å². The van der Waals surface area contributed by atoms with Gasteiger partial charge < -0.3 is 4.57 Å². The van der Waals surface area contributed by atoms with Crippen molar-refractivity contribution in [1.82, 2.24) is 24.0 Å². The molecule has 3 heterocycles. The van der Waals surface area contributed by atoms with E-state index in [1.807, 2.05) is 0 Å². The second kappa shape index (κ2) is 5.91. The van der Waals surface area contributed by atoms with E-state index in [1.54, 1.807) is 0 Å². The Bertz CT molecular complexity index is 680. The predicted molar refractivity (Wildman–Crippen MR) is 87.2 cm³/mol. The van der Waals surface area contributed by atoms with Crippen LogP contribution in [-0.4, -0.2) is 30.6 Å². The highest BCUT2D eigenvalue weighted by Crippen LogP contribution is 2.35. The lowest BCUT2D eigenvalue weighted by atomic mass is 10.0. The Kier molecular flexibility index (Phi) is 3.92. The van der Waals surface area contributed by atoms with Crippen molar-refractivity contribution >= 4 is 23.1 Å². The molecule has 1 fully saturated rings. The van der Waals surface area contributed by atoms with Crippen molar-refractivity contribution in [1.29, 1.82) is 0 Å². The Labute approximate surface area is 139 Å². The molecule has 1 saturated heterocycles. The van der Waals surface area contributed by atoms with E-state index in [2.05, 4.69) is 26.1 Å². The van der Waals surface area contributed by atoms with E-state index < -0.39 is 0 Å². The minimum atomic E-state index is 0.383. The highest BCUT2D eigenvalue weighted by Gasteiger charge is 2.32. The summed E-state index contributed by atoms with van der Waals surface area (Å²) in [6.45, 7) is 1.85. The fraction of sp³-hybridized carbons (Fsp3) is 0.667. The van der Waals surface area contributed by atoms with Crippen molar-refractivity contribution in [2.75, 3.05) is 6.54 Å². The first-order chi connectivity index (χ1) is 10.7. The largest absolute Gasteiger partial charge is 0.334 e. The molecule has 5 nitrogen and oxygen atoms in total. The summed E-state index contributed by atoms with van der Waals surface area (Å²) in [7, 11) is 2.18. The van der Waals surface area contributed by atoms with Gasteiger partial charge in [-0.3, -0.25) is 4.90 Å². The Morgan fingerprint density at radius 3 is 2.91 bits per heavy atom. The van der Waals surface area contributed by atoms with Crippen LogP contribution < -0.4 is 0 Å². The van der Waals surface area contributed by atoms with Crippen molar-refractivity contribution < 1.29 is 0 Å². The van der Waals surface area contributed by atoms with Crippen LogP contribution in [0.25, 0.3) is 0 Å². The van der Waals surface area contributed by atoms with Crippen molar-refractivity contribution in [2.24, 2.45) is 7.05 Å². The highest BCUT2D eigenvalue weighted by molar-refractivity contribution is 7.10. The van der Waals surface area contributed by atoms with Crippen LogP contribution in [0.1, 0.15) is 54.6 Å². The van der Waals surface area contributed by atoms with E-state index in [0.717, 1.165) is 25.2 Å². The average Bonchev–Trinajstić information content (AvgIpc) is 3.21. The first kappa shape index (κ1) is 14.6. The Hall–Kier alpha value is -0.980. The van der Waals surface area contributed by atoms with Crippen molar-refractivity contribution in [3.63, 3.8) is 0 Å². The standard InChI is InChI=1S/C15H20ClN5S/c1-20-12-6-3-2-5-10(12)17-15(20)13-7-4-8-21(13)9-11-14(16)22-19-18-11/h13H,2-9H2,1H3/t13-/m0/s1. The lowest BCUT2D eigenvalue weighted by Gasteiger charge is -2.23. The number of fused-ring (bicyclic) bond motifs is 1. The quantitative estimate of drug-likeness (QED) is 0.863. The summed E-state index contributed by atoms with van der Waals surface area (Å²) in [5, 5.41) is 4.16. The Morgan fingerprint density at radius 2 is 2.14 bits per heavy atom. The van der Waals surface area contributed by atoms with Crippen LogP contribution in [0.3, 0.4) is 0 Å². The fourth-order valence-corrected chi connectivity index (χ4v) is 4.41. The van der Waals surface area contributed by atoms with Crippen LogP contribution in [0.2, 0.25) is 4.34 Å². The van der Waals surface area contributed by atoms with Crippen molar-refractivity contribution in [2.45, 2.75) is 51.1 Å². The number of aromatic nitrogens is 4. The van der Waals surface area contributed by atoms with Gasteiger partial charge in [-0.15, -0.1) is 5.10 Å². The molecule has 1 atom stereocenters. The number of halogens is 1. The van der Waals surface area contributed by atoms with Gasteiger partial charge in [0.2, 0.25) is 0 Å². The molecule has 2 aromatic rings. The molecule has 0 saturated carbocycles. The molecule has 2 aliphatic rings. The molecular weight excluding hydrogens is 318 g/mol. The third-order valence-corrected chi connectivity index (χ3v) is 5.92. The van der Waals surface area contributed by atoms with Gasteiger partial charge in [0.05, 0.1) is 11.7 Å². The molecule has 1 aliphatic heterocycles. The van der Waals surface area contributed by atoms with E-state index in [1.165, 1.54) is 60.8 Å². The normalized spacial score (nSPS) is 22.2. The molecule has 7 heteroatoms. The molecule has 0 spiro atoms. The van der Waals surface area contributed by atoms with E-state index in [0.29, 0.717) is 10.4 Å². The summed E-state index contributed by atoms with van der Waals surface area (Å²) >= 11 is 7.44. The van der Waals surface area contributed by atoms with E-state index in [-0.39, 0.29) is 0 Å². The zero-order valence-corrected chi connectivity index (χ0v) is 14.3. The monoisotopic (exact) mass is 337 g/mol. The summed E-state index contributed by atoms with van der Waals surface area (Å²) in [6, 6.07) is 0.383. The SMILES string of the molecule is Cn1c([C@@H]2CCCN2Cc2nnsc2Cl)nc2c1CCCC2. The lowest BCUT2D eigenvalue weighted by molar-refractivity contribution is 0.233. The number of hydrogen-bond acceptors (Lipinski definition) is 5. The molecule has 4 rings (SSSR count). The summed E-state index contributed by atoms with van der Waals surface area (Å²) in [5.41, 5.74) is 3.67. The zero-order valence-electron chi connectivity index (χ0n) is 12.8. The first-order valence-electron chi connectivity index (χ1n) is 7.99. The minimum absolute atomic E-state index is 0.383. The predicted octanol–water partition coefficient (Wildman–Crippen LogP) is 3.14. The molecular formula is C15H20ClN5S. The van der Waals surface area contributed by atoms with Crippen LogP contribution >= 0.6 is 23.1 Å². The van der Waals surface area contributed by atoms with Crippen LogP contribution in [-0.2, 0) is 26.4 Å². The third kappa shape index (κ3) is 2.47. The molecule has 0 N–H and O–H groups in total. The van der Waals surface area contributed by atoms with Crippen LogP contribution in [0, 0.1) is 0 Å². The van der Waals surface area contributed by atoms with Gasteiger partial charge in [0.1, 0.15) is 15.9 Å². The smallest absolute Gasteiger partial charge is 0.138 e. The van der Waals surface area contributed by atoms with E-state index in [9.17, 15) is 0 Å². The maximum absolute atomic E-state index is 6.17. The summed E-state index contributed by atoms with van der Waals surface area (Å²) in [4.78, 5) is 7.44. The van der Waals surface area contributed by atoms with E-state index in [4.69, 9.17) is 16.6 Å². The number of nitrogens with zero attached hydrogens (tertiary/aromatic N) is 5. The summed E-state index contributed by atoms with van der Waals surface area (Å²) in [6.07, 6.45) is 7.25. The maximum atomic E-state index is 6.17. The Balaban J connectivity index is 1.61. The average molecular weight is 338 g/mol. The maximum Gasteiger partial charge on any atom is 0.138 e. The second-order valence-corrected chi connectivity index (χ2v) is 7.61. The van der Waals surface area contributed by atoms with Crippen LogP contribution in [0.5, 0.6) is 0 Å². The number of hydrogen-bond donors (Lipinski definition) is 0. The highest BCUT2D eigenvalue weighted by atomic mass is 35.5.